The van der Waals surface area contributed by atoms with Gasteiger partial charge in [0.15, 0.2) is 0 Å². The molecule has 3 heterocycles. The number of H-pyrrole nitrogens is 1. The van der Waals surface area contributed by atoms with E-state index in [2.05, 4.69) is 15.4 Å². The normalized spacial score (nSPS) is 14.9. The van der Waals surface area contributed by atoms with Gasteiger partial charge in [-0.25, -0.2) is 13.1 Å². The molecule has 1 amide bonds. The number of para-hydroxylation sites is 1. The molecule has 0 spiro atoms. The maximum atomic E-state index is 12.6. The van der Waals surface area contributed by atoms with Crippen molar-refractivity contribution in [3.8, 4) is 5.69 Å². The van der Waals surface area contributed by atoms with Gasteiger partial charge >= 0.3 is 0 Å². The Labute approximate surface area is 169 Å². The number of aromatic amines is 1. The fourth-order valence-corrected chi connectivity index (χ4v) is 4.87. The van der Waals surface area contributed by atoms with Gasteiger partial charge in [0.1, 0.15) is 10.6 Å². The van der Waals surface area contributed by atoms with Gasteiger partial charge in [-0.05, 0) is 43.0 Å². The van der Waals surface area contributed by atoms with Gasteiger partial charge in [-0.2, -0.15) is 9.40 Å². The zero-order valence-electron chi connectivity index (χ0n) is 15.9. The fraction of sp³-hybridized carbons (Fsp3) is 0.300. The highest BCUT2D eigenvalue weighted by Crippen LogP contribution is 2.21. The van der Waals surface area contributed by atoms with Crippen molar-refractivity contribution in [3.63, 3.8) is 0 Å². The molecule has 0 atom stereocenters. The minimum Gasteiger partial charge on any atom is -0.356 e. The summed E-state index contributed by atoms with van der Waals surface area (Å²) in [4.78, 5) is 15.3. The molecular formula is C20H23N5O3S. The highest BCUT2D eigenvalue weighted by molar-refractivity contribution is 7.89. The summed E-state index contributed by atoms with van der Waals surface area (Å²) in [5.41, 5.74) is 2.21. The highest BCUT2D eigenvalue weighted by Gasteiger charge is 2.28. The number of hydrogen-bond acceptors (Lipinski definition) is 4. The van der Waals surface area contributed by atoms with Crippen LogP contribution in [-0.4, -0.2) is 53.0 Å². The second-order valence-electron chi connectivity index (χ2n) is 6.99. The summed E-state index contributed by atoms with van der Waals surface area (Å²) in [5.74, 6) is -0.330. The van der Waals surface area contributed by atoms with E-state index in [1.807, 2.05) is 36.5 Å². The second kappa shape index (κ2) is 8.22. The van der Waals surface area contributed by atoms with Crippen molar-refractivity contribution in [2.45, 2.75) is 24.2 Å². The van der Waals surface area contributed by atoms with Crippen LogP contribution in [0.25, 0.3) is 5.69 Å². The smallest absolute Gasteiger partial charge is 0.267 e. The number of amides is 1. The zero-order chi connectivity index (χ0) is 20.3. The number of carbonyl (C=O) groups is 1. The van der Waals surface area contributed by atoms with Gasteiger partial charge in [0, 0.05) is 32.0 Å². The SMILES string of the molecule is O=C(NCCc1cnn(-c2ccccc2)c1)c1cc(S(=O)(=O)N2CCCC2)c[nH]1. The van der Waals surface area contributed by atoms with E-state index in [4.69, 9.17) is 0 Å². The van der Waals surface area contributed by atoms with E-state index in [9.17, 15) is 13.2 Å². The lowest BCUT2D eigenvalue weighted by Gasteiger charge is -2.13. The predicted molar refractivity (Wildman–Crippen MR) is 108 cm³/mol. The molecule has 1 aromatic carbocycles. The lowest BCUT2D eigenvalue weighted by Crippen LogP contribution is -2.27. The first kappa shape index (κ1) is 19.4. The van der Waals surface area contributed by atoms with Gasteiger partial charge in [0.25, 0.3) is 5.91 Å². The average molecular weight is 414 g/mol. The summed E-state index contributed by atoms with van der Waals surface area (Å²) in [5, 5.41) is 7.15. The van der Waals surface area contributed by atoms with Crippen LogP contribution in [0.15, 0.2) is 59.9 Å². The standard InChI is InChI=1S/C20H23N5O3S/c26-20(19-12-18(14-22-19)29(27,28)24-10-4-5-11-24)21-9-8-16-13-23-25(15-16)17-6-2-1-3-7-17/h1-3,6-7,12-15,22H,4-5,8-11H2,(H,21,26). The van der Waals surface area contributed by atoms with Crippen LogP contribution in [-0.2, 0) is 16.4 Å². The van der Waals surface area contributed by atoms with Crippen LogP contribution < -0.4 is 5.32 Å². The molecule has 152 valence electrons. The van der Waals surface area contributed by atoms with Crippen molar-refractivity contribution >= 4 is 15.9 Å². The maximum Gasteiger partial charge on any atom is 0.267 e. The molecule has 29 heavy (non-hydrogen) atoms. The fourth-order valence-electron chi connectivity index (χ4n) is 3.36. The third-order valence-corrected chi connectivity index (χ3v) is 6.84. The molecule has 2 aromatic heterocycles. The molecular weight excluding hydrogens is 390 g/mol. The third-order valence-electron chi connectivity index (χ3n) is 4.96. The van der Waals surface area contributed by atoms with Crippen LogP contribution in [0.3, 0.4) is 0 Å². The van der Waals surface area contributed by atoms with E-state index in [0.29, 0.717) is 26.1 Å². The summed E-state index contributed by atoms with van der Waals surface area (Å²) in [6.45, 7) is 1.49. The average Bonchev–Trinajstić information content (AvgIpc) is 3.50. The monoisotopic (exact) mass is 413 g/mol. The van der Waals surface area contributed by atoms with Gasteiger partial charge in [-0.1, -0.05) is 18.2 Å². The summed E-state index contributed by atoms with van der Waals surface area (Å²) < 4.78 is 28.4. The van der Waals surface area contributed by atoms with E-state index >= 15 is 0 Å². The topological polar surface area (TPSA) is 100 Å². The molecule has 9 heteroatoms. The number of hydrogen-bond donors (Lipinski definition) is 2. The number of benzene rings is 1. The Morgan fingerprint density at radius 2 is 1.93 bits per heavy atom. The third kappa shape index (κ3) is 4.25. The predicted octanol–water partition coefficient (Wildman–Crippen LogP) is 1.96. The van der Waals surface area contributed by atoms with Crippen molar-refractivity contribution in [2.24, 2.45) is 0 Å². The van der Waals surface area contributed by atoms with E-state index in [0.717, 1.165) is 24.1 Å². The summed E-state index contributed by atoms with van der Waals surface area (Å²) in [6, 6.07) is 11.2. The van der Waals surface area contributed by atoms with Gasteiger partial charge < -0.3 is 10.3 Å². The maximum absolute atomic E-state index is 12.6. The summed E-state index contributed by atoms with van der Waals surface area (Å²) >= 11 is 0. The van der Waals surface area contributed by atoms with Gasteiger partial charge in [-0.15, -0.1) is 0 Å². The first-order valence-electron chi connectivity index (χ1n) is 9.60. The van der Waals surface area contributed by atoms with Crippen LogP contribution in [0.5, 0.6) is 0 Å². The van der Waals surface area contributed by atoms with Crippen molar-refractivity contribution in [1.29, 1.82) is 0 Å². The van der Waals surface area contributed by atoms with Crippen LogP contribution in [0, 0.1) is 0 Å². The van der Waals surface area contributed by atoms with E-state index in [1.54, 1.807) is 10.9 Å². The number of carbonyl (C=O) groups excluding carboxylic acids is 1. The second-order valence-corrected chi connectivity index (χ2v) is 8.93. The molecule has 1 saturated heterocycles. The molecule has 0 bridgehead atoms. The van der Waals surface area contributed by atoms with Gasteiger partial charge in [-0.3, -0.25) is 4.79 Å². The van der Waals surface area contributed by atoms with Crippen molar-refractivity contribution < 1.29 is 13.2 Å². The van der Waals surface area contributed by atoms with Crippen molar-refractivity contribution in [2.75, 3.05) is 19.6 Å². The number of nitrogens with zero attached hydrogens (tertiary/aromatic N) is 3. The molecule has 0 aliphatic carbocycles. The molecule has 1 aliphatic heterocycles. The van der Waals surface area contributed by atoms with Crippen LogP contribution in [0.1, 0.15) is 28.9 Å². The van der Waals surface area contributed by atoms with E-state index < -0.39 is 10.0 Å². The van der Waals surface area contributed by atoms with E-state index in [-0.39, 0.29) is 16.5 Å². The van der Waals surface area contributed by atoms with Crippen molar-refractivity contribution in [1.82, 2.24) is 24.4 Å². The van der Waals surface area contributed by atoms with Crippen LogP contribution in [0.2, 0.25) is 0 Å². The Morgan fingerprint density at radius 1 is 1.17 bits per heavy atom. The van der Waals surface area contributed by atoms with E-state index in [1.165, 1.54) is 16.6 Å². The Kier molecular flexibility index (Phi) is 5.50. The minimum atomic E-state index is -3.53. The van der Waals surface area contributed by atoms with Gasteiger partial charge in [0.2, 0.25) is 10.0 Å². The molecule has 1 aliphatic rings. The Hall–Kier alpha value is -2.91. The first-order chi connectivity index (χ1) is 14.0. The Balaban J connectivity index is 1.33. The number of aromatic nitrogens is 3. The van der Waals surface area contributed by atoms with Crippen LogP contribution in [0.4, 0.5) is 0 Å². The lowest BCUT2D eigenvalue weighted by molar-refractivity contribution is 0.0949. The molecule has 0 unspecified atom stereocenters. The summed E-state index contributed by atoms with van der Waals surface area (Å²) in [6.07, 6.45) is 7.45. The quantitative estimate of drug-likeness (QED) is 0.618. The molecule has 2 N–H and O–H groups in total. The molecule has 0 radical (unpaired) electrons. The minimum absolute atomic E-state index is 0.133. The lowest BCUT2D eigenvalue weighted by atomic mass is 10.2. The number of rotatable bonds is 7. The molecule has 8 nitrogen and oxygen atoms in total. The number of sulfonamides is 1. The largest absolute Gasteiger partial charge is 0.356 e. The zero-order valence-corrected chi connectivity index (χ0v) is 16.7. The first-order valence-corrected chi connectivity index (χ1v) is 11.0. The molecule has 0 saturated carbocycles. The number of nitrogens with one attached hydrogen (secondary N) is 2. The van der Waals surface area contributed by atoms with Gasteiger partial charge in [0.05, 0.1) is 11.9 Å². The summed E-state index contributed by atoms with van der Waals surface area (Å²) in [7, 11) is -3.53. The molecule has 1 fully saturated rings. The Morgan fingerprint density at radius 3 is 2.69 bits per heavy atom. The van der Waals surface area contributed by atoms with Crippen LogP contribution >= 0.6 is 0 Å². The molecule has 3 aromatic rings. The van der Waals surface area contributed by atoms with Crippen molar-refractivity contribution in [3.05, 3.63) is 66.2 Å². The molecule has 4 rings (SSSR count). The Bertz CT molecular complexity index is 1080. The highest BCUT2D eigenvalue weighted by atomic mass is 32.2.